The second kappa shape index (κ2) is 3.18. The first kappa shape index (κ1) is 8.26. The number of aromatic nitrogens is 2. The number of hydrogen-bond acceptors (Lipinski definition) is 2. The van der Waals surface area contributed by atoms with E-state index in [-0.39, 0.29) is 0 Å². The number of rotatable bonds is 2. The molecule has 2 aromatic rings. The molecule has 1 aromatic heterocycles. The molecule has 2 rings (SSSR count). The van der Waals surface area contributed by atoms with Crippen LogP contribution >= 0.6 is 11.6 Å². The Balaban J connectivity index is 2.64. The Morgan fingerprint density at radius 1 is 1.54 bits per heavy atom. The zero-order valence-corrected chi connectivity index (χ0v) is 7.53. The molecule has 0 aliphatic heterocycles. The smallest absolute Gasteiger partial charge is 0.139 e. The van der Waals surface area contributed by atoms with E-state index in [0.717, 1.165) is 17.3 Å². The highest BCUT2D eigenvalue weighted by atomic mass is 35.5. The van der Waals surface area contributed by atoms with E-state index >= 15 is 0 Å². The fraction of sp³-hybridized carbons (Fsp3) is 0.111. The molecule has 0 bridgehead atoms. The average Bonchev–Trinajstić information content (AvgIpc) is 2.49. The zero-order valence-electron chi connectivity index (χ0n) is 6.77. The molecule has 13 heavy (non-hydrogen) atoms. The summed E-state index contributed by atoms with van der Waals surface area (Å²) in [5.74, 6) is 0. The summed E-state index contributed by atoms with van der Waals surface area (Å²) in [7, 11) is 0. The molecule has 66 valence electrons. The van der Waals surface area contributed by atoms with Gasteiger partial charge < -0.3 is 9.36 Å². The molecule has 0 amide bonds. The first-order chi connectivity index (χ1) is 6.31. The van der Waals surface area contributed by atoms with Crippen LogP contribution < -0.4 is 0 Å². The van der Waals surface area contributed by atoms with Crippen molar-refractivity contribution >= 4 is 28.9 Å². The summed E-state index contributed by atoms with van der Waals surface area (Å²) >= 11 is 5.82. The van der Waals surface area contributed by atoms with Gasteiger partial charge >= 0.3 is 0 Å². The van der Waals surface area contributed by atoms with E-state index in [1.807, 2.05) is 6.07 Å². The third-order valence-corrected chi connectivity index (χ3v) is 2.09. The summed E-state index contributed by atoms with van der Waals surface area (Å²) in [6, 6.07) is 5.41. The second-order valence-electron chi connectivity index (χ2n) is 2.70. The van der Waals surface area contributed by atoms with Crippen LogP contribution in [0.2, 0.25) is 5.02 Å². The predicted molar refractivity (Wildman–Crippen MR) is 50.8 cm³/mol. The number of imidazole rings is 1. The van der Waals surface area contributed by atoms with Crippen molar-refractivity contribution in [2.75, 3.05) is 0 Å². The highest BCUT2D eigenvalue weighted by Gasteiger charge is 2.01. The number of benzene rings is 1. The Morgan fingerprint density at radius 3 is 3.15 bits per heavy atom. The van der Waals surface area contributed by atoms with E-state index < -0.39 is 0 Å². The van der Waals surface area contributed by atoms with Crippen molar-refractivity contribution in [1.82, 2.24) is 9.55 Å². The Labute approximate surface area is 79.9 Å². The molecule has 4 heteroatoms. The van der Waals surface area contributed by atoms with Gasteiger partial charge in [-0.25, -0.2) is 4.98 Å². The number of fused-ring (bicyclic) bond motifs is 1. The van der Waals surface area contributed by atoms with Crippen LogP contribution in [0.3, 0.4) is 0 Å². The van der Waals surface area contributed by atoms with E-state index in [4.69, 9.17) is 11.6 Å². The Kier molecular flexibility index (Phi) is 2.02. The highest BCUT2D eigenvalue weighted by molar-refractivity contribution is 6.31. The molecule has 0 atom stereocenters. The lowest BCUT2D eigenvalue weighted by atomic mass is 10.3. The molecule has 0 N–H and O–H groups in total. The SMILES string of the molecule is O=CCn1cnc2ccc(Cl)cc21. The van der Waals surface area contributed by atoms with Crippen LogP contribution in [0, 0.1) is 0 Å². The van der Waals surface area contributed by atoms with Crippen molar-refractivity contribution in [3.8, 4) is 0 Å². The van der Waals surface area contributed by atoms with Crippen LogP contribution in [-0.2, 0) is 11.3 Å². The van der Waals surface area contributed by atoms with Crippen LogP contribution in [0.25, 0.3) is 11.0 Å². The summed E-state index contributed by atoms with van der Waals surface area (Å²) < 4.78 is 1.76. The minimum absolute atomic E-state index is 0.316. The molecule has 1 heterocycles. The molecular formula is C9H7ClN2O. The Hall–Kier alpha value is -1.35. The number of nitrogens with zero attached hydrogens (tertiary/aromatic N) is 2. The van der Waals surface area contributed by atoms with E-state index in [1.165, 1.54) is 0 Å². The number of carbonyl (C=O) groups excluding carboxylic acids is 1. The average molecular weight is 195 g/mol. The molecule has 3 nitrogen and oxygen atoms in total. The first-order valence-electron chi connectivity index (χ1n) is 3.85. The number of carbonyl (C=O) groups is 1. The van der Waals surface area contributed by atoms with Crippen molar-refractivity contribution in [2.45, 2.75) is 6.54 Å². The molecule has 0 aliphatic rings. The maximum atomic E-state index is 10.3. The predicted octanol–water partition coefficient (Wildman–Crippen LogP) is 1.89. The van der Waals surface area contributed by atoms with Crippen LogP contribution in [0.5, 0.6) is 0 Å². The summed E-state index contributed by atoms with van der Waals surface area (Å²) in [4.78, 5) is 14.4. The van der Waals surface area contributed by atoms with Gasteiger partial charge in [-0.3, -0.25) is 0 Å². The van der Waals surface area contributed by atoms with Gasteiger partial charge in [0.1, 0.15) is 6.29 Å². The lowest BCUT2D eigenvalue weighted by molar-refractivity contribution is -0.108. The van der Waals surface area contributed by atoms with Gasteiger partial charge in [-0.15, -0.1) is 0 Å². The van der Waals surface area contributed by atoms with E-state index in [9.17, 15) is 4.79 Å². The molecular weight excluding hydrogens is 188 g/mol. The number of aldehydes is 1. The van der Waals surface area contributed by atoms with Crippen molar-refractivity contribution in [3.63, 3.8) is 0 Å². The van der Waals surface area contributed by atoms with Gasteiger partial charge in [-0.1, -0.05) is 11.6 Å². The third kappa shape index (κ3) is 1.42. The van der Waals surface area contributed by atoms with Crippen LogP contribution in [-0.4, -0.2) is 15.8 Å². The monoisotopic (exact) mass is 194 g/mol. The van der Waals surface area contributed by atoms with Crippen molar-refractivity contribution in [1.29, 1.82) is 0 Å². The van der Waals surface area contributed by atoms with E-state index in [1.54, 1.807) is 23.0 Å². The Bertz CT molecular complexity index is 450. The van der Waals surface area contributed by atoms with Gasteiger partial charge in [0.2, 0.25) is 0 Å². The lowest BCUT2D eigenvalue weighted by Gasteiger charge is -1.97. The molecule has 0 radical (unpaired) electrons. The molecule has 0 saturated carbocycles. The summed E-state index contributed by atoms with van der Waals surface area (Å²) in [6.07, 6.45) is 2.47. The minimum atomic E-state index is 0.316. The molecule has 0 unspecified atom stereocenters. The van der Waals surface area contributed by atoms with Gasteiger partial charge in [0.25, 0.3) is 0 Å². The molecule has 1 aromatic carbocycles. The van der Waals surface area contributed by atoms with Gasteiger partial charge in [-0.2, -0.15) is 0 Å². The first-order valence-corrected chi connectivity index (χ1v) is 4.23. The third-order valence-electron chi connectivity index (χ3n) is 1.85. The topological polar surface area (TPSA) is 34.9 Å². The molecule has 0 aliphatic carbocycles. The quantitative estimate of drug-likeness (QED) is 0.685. The van der Waals surface area contributed by atoms with Gasteiger partial charge in [-0.05, 0) is 18.2 Å². The maximum Gasteiger partial charge on any atom is 0.139 e. The van der Waals surface area contributed by atoms with Crippen LogP contribution in [0.15, 0.2) is 24.5 Å². The van der Waals surface area contributed by atoms with Crippen LogP contribution in [0.4, 0.5) is 0 Å². The van der Waals surface area contributed by atoms with Gasteiger partial charge in [0.15, 0.2) is 0 Å². The summed E-state index contributed by atoms with van der Waals surface area (Å²) in [5, 5.41) is 0.653. The zero-order chi connectivity index (χ0) is 9.26. The maximum absolute atomic E-state index is 10.3. The van der Waals surface area contributed by atoms with Crippen LogP contribution in [0.1, 0.15) is 0 Å². The molecule has 0 saturated heterocycles. The van der Waals surface area contributed by atoms with Crippen molar-refractivity contribution in [2.24, 2.45) is 0 Å². The summed E-state index contributed by atoms with van der Waals surface area (Å²) in [5.41, 5.74) is 1.74. The normalized spacial score (nSPS) is 10.5. The minimum Gasteiger partial charge on any atom is -0.323 e. The molecule has 0 spiro atoms. The largest absolute Gasteiger partial charge is 0.323 e. The standard InChI is InChI=1S/C9H7ClN2O/c10-7-1-2-8-9(5-7)12(3-4-13)6-11-8/h1-2,4-6H,3H2. The highest BCUT2D eigenvalue weighted by Crippen LogP contribution is 2.17. The van der Waals surface area contributed by atoms with Crippen molar-refractivity contribution in [3.05, 3.63) is 29.5 Å². The fourth-order valence-electron chi connectivity index (χ4n) is 1.26. The van der Waals surface area contributed by atoms with Gasteiger partial charge in [0.05, 0.1) is 23.9 Å². The van der Waals surface area contributed by atoms with E-state index in [2.05, 4.69) is 4.98 Å². The lowest BCUT2D eigenvalue weighted by Crippen LogP contribution is -1.95. The fourth-order valence-corrected chi connectivity index (χ4v) is 1.42. The second-order valence-corrected chi connectivity index (χ2v) is 3.13. The number of hydrogen-bond donors (Lipinski definition) is 0. The summed E-state index contributed by atoms with van der Waals surface area (Å²) in [6.45, 7) is 0.316. The molecule has 0 fully saturated rings. The van der Waals surface area contributed by atoms with Gasteiger partial charge in [0, 0.05) is 5.02 Å². The Morgan fingerprint density at radius 2 is 2.38 bits per heavy atom. The van der Waals surface area contributed by atoms with Crippen molar-refractivity contribution < 1.29 is 4.79 Å². The number of halogens is 1. The van der Waals surface area contributed by atoms with E-state index in [0.29, 0.717) is 11.6 Å².